The van der Waals surface area contributed by atoms with E-state index in [1.54, 1.807) is 6.92 Å². The first-order chi connectivity index (χ1) is 13.8. The van der Waals surface area contributed by atoms with Crippen LogP contribution in [0.3, 0.4) is 0 Å². The van der Waals surface area contributed by atoms with Crippen LogP contribution in [0.2, 0.25) is 0 Å². The number of hydrogen-bond acceptors (Lipinski definition) is 12. The van der Waals surface area contributed by atoms with Crippen LogP contribution in [0.25, 0.3) is 10.3 Å². The molecule has 0 spiro atoms. The highest BCUT2D eigenvalue weighted by atomic mass is 32.1. The van der Waals surface area contributed by atoms with E-state index in [0.717, 1.165) is 9.47 Å². The second-order valence-corrected chi connectivity index (χ2v) is 7.14. The van der Waals surface area contributed by atoms with Gasteiger partial charge in [-0.05, 0) is 6.92 Å². The van der Waals surface area contributed by atoms with Crippen LogP contribution in [-0.4, -0.2) is 86.2 Å². The van der Waals surface area contributed by atoms with Gasteiger partial charge >= 0.3 is 11.0 Å². The lowest BCUT2D eigenvalue weighted by atomic mass is 10.1. The minimum absolute atomic E-state index is 0.0242. The van der Waals surface area contributed by atoms with Crippen molar-refractivity contribution in [1.29, 1.82) is 0 Å². The van der Waals surface area contributed by atoms with Crippen LogP contribution in [0.1, 0.15) is 13.2 Å². The van der Waals surface area contributed by atoms with Gasteiger partial charge in [-0.3, -0.25) is 14.3 Å². The standard InChI is InChI=1S/C15H21N5O8S/c1-3-26-14(24)19(2)5-27-11-9-10(17-13(16)18-11)20(15(25)29-9)12-8(23)7(22)6(4-21)28-12/h6-8,12,21-23H,3-5H2,1-2H3,(H2,16,17,18)/t6-,7-,8-,12-/m1/s1. The molecule has 0 unspecified atom stereocenters. The maximum absolute atomic E-state index is 12.6. The van der Waals surface area contributed by atoms with Crippen molar-refractivity contribution in [3.8, 4) is 5.88 Å². The molecule has 3 rings (SSSR count). The van der Waals surface area contributed by atoms with Crippen molar-refractivity contribution < 1.29 is 34.3 Å². The molecule has 0 aromatic carbocycles. The monoisotopic (exact) mass is 431 g/mol. The van der Waals surface area contributed by atoms with E-state index < -0.39 is 42.1 Å². The lowest BCUT2D eigenvalue weighted by Crippen LogP contribution is -2.34. The number of thiazole rings is 1. The molecule has 1 aliphatic rings. The third kappa shape index (κ3) is 3.97. The summed E-state index contributed by atoms with van der Waals surface area (Å²) in [5.74, 6) is -0.263. The average molecular weight is 431 g/mol. The zero-order valence-electron chi connectivity index (χ0n) is 15.6. The summed E-state index contributed by atoms with van der Waals surface area (Å²) in [6.45, 7) is 1.09. The third-order valence-electron chi connectivity index (χ3n) is 4.19. The molecule has 0 saturated carbocycles. The smallest absolute Gasteiger partial charge is 0.412 e. The highest BCUT2D eigenvalue weighted by Gasteiger charge is 2.45. The van der Waals surface area contributed by atoms with Gasteiger partial charge in [0, 0.05) is 7.05 Å². The Balaban J connectivity index is 1.94. The summed E-state index contributed by atoms with van der Waals surface area (Å²) >= 11 is 0.715. The molecule has 29 heavy (non-hydrogen) atoms. The molecule has 5 N–H and O–H groups in total. The SMILES string of the molecule is CCOC(=O)N(C)COc1nc(N)nc2c1sc(=O)n2[C@@H]1O[C@H](CO)[C@@H](O)[C@H]1O. The van der Waals surface area contributed by atoms with Crippen molar-refractivity contribution in [1.82, 2.24) is 19.4 Å². The Hall–Kier alpha value is -2.52. The maximum atomic E-state index is 12.6. The zero-order valence-corrected chi connectivity index (χ0v) is 16.4. The van der Waals surface area contributed by atoms with Crippen LogP contribution in [0.15, 0.2) is 4.79 Å². The number of aliphatic hydroxyl groups is 3. The first kappa shape index (κ1) is 21.2. The molecule has 2 aromatic heterocycles. The van der Waals surface area contributed by atoms with Crippen molar-refractivity contribution in [2.75, 3.05) is 32.7 Å². The van der Waals surface area contributed by atoms with Crippen LogP contribution in [0.5, 0.6) is 5.88 Å². The predicted molar refractivity (Wildman–Crippen MR) is 99.4 cm³/mol. The van der Waals surface area contributed by atoms with E-state index in [1.165, 1.54) is 7.05 Å². The Morgan fingerprint density at radius 1 is 1.38 bits per heavy atom. The Kier molecular flexibility index (Phi) is 6.18. The van der Waals surface area contributed by atoms with Gasteiger partial charge in [0.15, 0.2) is 18.6 Å². The van der Waals surface area contributed by atoms with Gasteiger partial charge in [0.2, 0.25) is 11.8 Å². The quantitative estimate of drug-likeness (QED) is 0.389. The maximum Gasteiger partial charge on any atom is 0.412 e. The van der Waals surface area contributed by atoms with Crippen molar-refractivity contribution in [3.05, 3.63) is 9.67 Å². The Morgan fingerprint density at radius 3 is 2.72 bits per heavy atom. The number of nitrogens with zero attached hydrogens (tertiary/aromatic N) is 4. The number of fused-ring (bicyclic) bond motifs is 1. The number of carbonyl (C=O) groups is 1. The van der Waals surface area contributed by atoms with E-state index in [-0.39, 0.29) is 35.5 Å². The van der Waals surface area contributed by atoms with Gasteiger partial charge in [0.25, 0.3) is 0 Å². The predicted octanol–water partition coefficient (Wildman–Crippen LogP) is -1.53. The number of amides is 1. The summed E-state index contributed by atoms with van der Waals surface area (Å²) in [5, 5.41) is 29.5. The van der Waals surface area contributed by atoms with E-state index >= 15 is 0 Å². The van der Waals surface area contributed by atoms with Crippen molar-refractivity contribution in [2.24, 2.45) is 0 Å². The van der Waals surface area contributed by atoms with Gasteiger partial charge in [0.1, 0.15) is 23.0 Å². The van der Waals surface area contributed by atoms with Gasteiger partial charge in [0.05, 0.1) is 13.2 Å². The Labute approximate surface area is 167 Å². The lowest BCUT2D eigenvalue weighted by Gasteiger charge is -2.17. The third-order valence-corrected chi connectivity index (χ3v) is 5.13. The molecule has 0 bridgehead atoms. The molecule has 1 fully saturated rings. The number of aliphatic hydroxyl groups excluding tert-OH is 3. The van der Waals surface area contributed by atoms with Crippen LogP contribution >= 0.6 is 11.3 Å². The molecule has 1 aliphatic heterocycles. The van der Waals surface area contributed by atoms with Crippen molar-refractivity contribution in [3.63, 3.8) is 0 Å². The molecular formula is C15H21N5O8S. The fraction of sp³-hybridized carbons (Fsp3) is 0.600. The second-order valence-electron chi connectivity index (χ2n) is 6.18. The molecule has 0 radical (unpaired) electrons. The molecule has 160 valence electrons. The van der Waals surface area contributed by atoms with Crippen LogP contribution in [0, 0.1) is 0 Å². The summed E-state index contributed by atoms with van der Waals surface area (Å²) in [5.41, 5.74) is 5.74. The van der Waals surface area contributed by atoms with Crippen molar-refractivity contribution in [2.45, 2.75) is 31.5 Å². The molecule has 4 atom stereocenters. The van der Waals surface area contributed by atoms with E-state index in [4.69, 9.17) is 19.9 Å². The lowest BCUT2D eigenvalue weighted by molar-refractivity contribution is -0.0518. The number of ether oxygens (including phenoxy) is 3. The minimum atomic E-state index is -1.47. The number of hydrogen-bond donors (Lipinski definition) is 4. The highest BCUT2D eigenvalue weighted by Crippen LogP contribution is 2.34. The van der Waals surface area contributed by atoms with E-state index in [1.807, 2.05) is 0 Å². The Morgan fingerprint density at radius 2 is 2.10 bits per heavy atom. The number of rotatable bonds is 6. The zero-order chi connectivity index (χ0) is 21.3. The number of nitrogens with two attached hydrogens (primary N) is 1. The molecule has 3 heterocycles. The first-order valence-electron chi connectivity index (χ1n) is 8.60. The molecular weight excluding hydrogens is 410 g/mol. The summed E-state index contributed by atoms with van der Waals surface area (Å²) in [6.07, 6.45) is -5.82. The second kappa shape index (κ2) is 8.46. The molecule has 1 saturated heterocycles. The van der Waals surface area contributed by atoms with E-state index in [9.17, 15) is 24.9 Å². The number of carbonyl (C=O) groups excluding carboxylic acids is 1. The molecule has 14 heteroatoms. The van der Waals surface area contributed by atoms with Crippen molar-refractivity contribution >= 4 is 33.7 Å². The summed E-state index contributed by atoms with van der Waals surface area (Å²) in [4.78, 5) is 32.8. The average Bonchev–Trinajstić information content (AvgIpc) is 3.15. The first-order valence-corrected chi connectivity index (χ1v) is 9.41. The van der Waals surface area contributed by atoms with Gasteiger partial charge in [-0.15, -0.1) is 0 Å². The van der Waals surface area contributed by atoms with Gasteiger partial charge in [-0.2, -0.15) is 9.97 Å². The van der Waals surface area contributed by atoms with Crippen LogP contribution in [0.4, 0.5) is 10.7 Å². The van der Waals surface area contributed by atoms with Crippen LogP contribution in [-0.2, 0) is 9.47 Å². The number of nitrogen functional groups attached to an aromatic ring is 1. The Bertz CT molecular complexity index is 949. The largest absolute Gasteiger partial charge is 0.455 e. The van der Waals surface area contributed by atoms with E-state index in [2.05, 4.69) is 9.97 Å². The summed E-state index contributed by atoms with van der Waals surface area (Å²) < 4.78 is 17.0. The molecule has 1 amide bonds. The van der Waals surface area contributed by atoms with Crippen LogP contribution < -0.4 is 15.3 Å². The molecule has 0 aliphatic carbocycles. The molecule has 13 nitrogen and oxygen atoms in total. The minimum Gasteiger partial charge on any atom is -0.455 e. The van der Waals surface area contributed by atoms with Gasteiger partial charge < -0.3 is 35.3 Å². The normalized spacial score (nSPS) is 24.0. The summed E-state index contributed by atoms with van der Waals surface area (Å²) in [7, 11) is 1.45. The topological polar surface area (TPSA) is 182 Å². The highest BCUT2D eigenvalue weighted by molar-refractivity contribution is 7.16. The summed E-state index contributed by atoms with van der Waals surface area (Å²) in [6, 6.07) is 0. The van der Waals surface area contributed by atoms with Gasteiger partial charge in [-0.25, -0.2) is 4.79 Å². The molecule has 2 aromatic rings. The van der Waals surface area contributed by atoms with E-state index in [0.29, 0.717) is 11.3 Å². The number of aromatic nitrogens is 3. The van der Waals surface area contributed by atoms with Gasteiger partial charge in [-0.1, -0.05) is 11.3 Å². The fourth-order valence-electron chi connectivity index (χ4n) is 2.77. The fourth-order valence-corrected chi connectivity index (χ4v) is 3.66. The number of anilines is 1.